The zero-order valence-corrected chi connectivity index (χ0v) is 16.2. The third-order valence-corrected chi connectivity index (χ3v) is 4.57. The molecule has 0 atom stereocenters. The summed E-state index contributed by atoms with van der Waals surface area (Å²) in [6.07, 6.45) is 0.388. The number of aromatic amines is 2. The summed E-state index contributed by atoms with van der Waals surface area (Å²) >= 11 is 12.7. The van der Waals surface area contributed by atoms with Crippen LogP contribution < -0.4 is 21.4 Å². The van der Waals surface area contributed by atoms with Crippen LogP contribution in [0.4, 0.5) is 5.69 Å². The Kier molecular flexibility index (Phi) is 5.24. The zero-order chi connectivity index (χ0) is 20.4. The molecule has 148 valence electrons. The van der Waals surface area contributed by atoms with Crippen molar-refractivity contribution in [2.24, 2.45) is 0 Å². The summed E-state index contributed by atoms with van der Waals surface area (Å²) in [6.45, 7) is 0.437. The van der Waals surface area contributed by atoms with Gasteiger partial charge >= 0.3 is 5.76 Å². The Morgan fingerprint density at radius 1 is 1.03 bits per heavy atom. The summed E-state index contributed by atoms with van der Waals surface area (Å²) in [5.74, 6) is 0.0757. The van der Waals surface area contributed by atoms with Crippen LogP contribution >= 0.6 is 23.2 Å². The summed E-state index contributed by atoms with van der Waals surface area (Å²) < 4.78 is 10.6. The Morgan fingerprint density at radius 3 is 2.45 bits per heavy atom. The number of ether oxygens (including phenoxy) is 1. The maximum absolute atomic E-state index is 11.9. The number of aromatic nitrogens is 4. The monoisotopic (exact) mass is 433 g/mol. The smallest absolute Gasteiger partial charge is 0.434 e. The Balaban J connectivity index is 1.54. The molecule has 0 aliphatic carbocycles. The SMILES string of the molecule is O=c1[nH]nc(CCNc2cc(Cl)c(Oc3n[nH]c(=O)c4ccccc34)c(Cl)c2)o1. The van der Waals surface area contributed by atoms with Gasteiger partial charge in [-0.15, -0.1) is 10.2 Å². The summed E-state index contributed by atoms with van der Waals surface area (Å²) in [5, 5.41) is 16.9. The fourth-order valence-electron chi connectivity index (χ4n) is 2.70. The van der Waals surface area contributed by atoms with E-state index < -0.39 is 5.76 Å². The van der Waals surface area contributed by atoms with Gasteiger partial charge in [-0.05, 0) is 24.3 Å². The molecule has 0 unspecified atom stereocenters. The van der Waals surface area contributed by atoms with Gasteiger partial charge in [0.2, 0.25) is 11.8 Å². The van der Waals surface area contributed by atoms with Crippen molar-refractivity contribution >= 4 is 39.7 Å². The molecule has 0 saturated heterocycles. The van der Waals surface area contributed by atoms with Gasteiger partial charge in [-0.1, -0.05) is 35.3 Å². The Bertz CT molecular complexity index is 1270. The molecule has 0 spiro atoms. The summed E-state index contributed by atoms with van der Waals surface area (Å²) in [7, 11) is 0. The number of fused-ring (bicyclic) bond motifs is 1. The summed E-state index contributed by atoms with van der Waals surface area (Å²) in [6, 6.07) is 10.2. The molecule has 0 fully saturated rings. The highest BCUT2D eigenvalue weighted by Gasteiger charge is 2.15. The van der Waals surface area contributed by atoms with Crippen LogP contribution in [0.3, 0.4) is 0 Å². The van der Waals surface area contributed by atoms with Crippen LogP contribution in [0.1, 0.15) is 5.89 Å². The molecule has 3 N–H and O–H groups in total. The minimum Gasteiger partial charge on any atom is -0.434 e. The molecular weight excluding hydrogens is 421 g/mol. The molecule has 4 aromatic rings. The minimum absolute atomic E-state index is 0.179. The predicted molar refractivity (Wildman–Crippen MR) is 108 cm³/mol. The van der Waals surface area contributed by atoms with Crippen molar-refractivity contribution in [2.45, 2.75) is 6.42 Å². The van der Waals surface area contributed by atoms with Gasteiger partial charge in [0.1, 0.15) is 0 Å². The van der Waals surface area contributed by atoms with Crippen molar-refractivity contribution in [2.75, 3.05) is 11.9 Å². The number of H-pyrrole nitrogens is 2. The highest BCUT2D eigenvalue weighted by molar-refractivity contribution is 6.37. The lowest BCUT2D eigenvalue weighted by Crippen LogP contribution is -2.09. The van der Waals surface area contributed by atoms with Crippen LogP contribution in [0.2, 0.25) is 10.0 Å². The van der Waals surface area contributed by atoms with E-state index in [4.69, 9.17) is 32.4 Å². The average molecular weight is 434 g/mol. The third kappa shape index (κ3) is 4.10. The number of rotatable bonds is 6. The molecule has 0 saturated carbocycles. The molecule has 11 heteroatoms. The molecule has 0 bridgehead atoms. The lowest BCUT2D eigenvalue weighted by Gasteiger charge is -2.13. The first-order valence-corrected chi connectivity index (χ1v) is 9.19. The van der Waals surface area contributed by atoms with Gasteiger partial charge in [0, 0.05) is 18.7 Å². The number of benzene rings is 2. The Hall–Kier alpha value is -3.30. The fourth-order valence-corrected chi connectivity index (χ4v) is 3.27. The maximum Gasteiger partial charge on any atom is 0.434 e. The molecular formula is C18H13Cl2N5O4. The molecule has 29 heavy (non-hydrogen) atoms. The van der Waals surface area contributed by atoms with Crippen molar-refractivity contribution in [3.8, 4) is 11.6 Å². The number of hydrogen-bond donors (Lipinski definition) is 3. The zero-order valence-electron chi connectivity index (χ0n) is 14.7. The molecule has 9 nitrogen and oxygen atoms in total. The minimum atomic E-state index is -0.601. The van der Waals surface area contributed by atoms with E-state index in [1.165, 1.54) is 0 Å². The van der Waals surface area contributed by atoms with Gasteiger partial charge in [0.15, 0.2) is 5.75 Å². The lowest BCUT2D eigenvalue weighted by atomic mass is 10.2. The van der Waals surface area contributed by atoms with Gasteiger partial charge in [-0.25, -0.2) is 15.0 Å². The lowest BCUT2D eigenvalue weighted by molar-refractivity contribution is 0.461. The van der Waals surface area contributed by atoms with E-state index in [1.54, 1.807) is 36.4 Å². The van der Waals surface area contributed by atoms with Gasteiger partial charge in [0.05, 0.1) is 20.8 Å². The first kappa shape index (κ1) is 19.0. The number of hydrogen-bond acceptors (Lipinski definition) is 7. The molecule has 0 aliphatic heterocycles. The van der Waals surface area contributed by atoms with E-state index in [9.17, 15) is 9.59 Å². The Labute approximate surface area is 172 Å². The van der Waals surface area contributed by atoms with Crippen LogP contribution in [-0.2, 0) is 6.42 Å². The van der Waals surface area contributed by atoms with E-state index in [2.05, 4.69) is 25.7 Å². The first-order valence-electron chi connectivity index (χ1n) is 8.44. The molecule has 2 aromatic heterocycles. The second-order valence-corrected chi connectivity index (χ2v) is 6.77. The first-order chi connectivity index (χ1) is 14.0. The normalized spacial score (nSPS) is 11.0. The van der Waals surface area contributed by atoms with E-state index in [0.717, 1.165) is 0 Å². The second-order valence-electron chi connectivity index (χ2n) is 5.96. The van der Waals surface area contributed by atoms with Crippen molar-refractivity contribution in [3.05, 3.63) is 73.2 Å². The van der Waals surface area contributed by atoms with Crippen LogP contribution in [0.15, 0.2) is 50.4 Å². The highest BCUT2D eigenvalue weighted by atomic mass is 35.5. The summed E-state index contributed by atoms with van der Waals surface area (Å²) in [4.78, 5) is 22.8. The van der Waals surface area contributed by atoms with Gasteiger partial charge < -0.3 is 14.5 Å². The Morgan fingerprint density at radius 2 is 1.76 bits per heavy atom. The fraction of sp³-hybridized carbons (Fsp3) is 0.111. The van der Waals surface area contributed by atoms with Gasteiger partial charge in [-0.2, -0.15) is 0 Å². The van der Waals surface area contributed by atoms with Crippen molar-refractivity contribution in [3.63, 3.8) is 0 Å². The van der Waals surface area contributed by atoms with Crippen molar-refractivity contribution in [1.29, 1.82) is 0 Å². The number of halogens is 2. The molecule has 0 aliphatic rings. The largest absolute Gasteiger partial charge is 0.434 e. The van der Waals surface area contributed by atoms with Crippen molar-refractivity contribution < 1.29 is 9.15 Å². The van der Waals surface area contributed by atoms with E-state index in [1.807, 2.05) is 0 Å². The molecule has 0 radical (unpaired) electrons. The summed E-state index contributed by atoms with van der Waals surface area (Å²) in [5.41, 5.74) is 0.321. The maximum atomic E-state index is 11.9. The highest BCUT2D eigenvalue weighted by Crippen LogP contribution is 2.39. The average Bonchev–Trinajstić information content (AvgIpc) is 3.11. The van der Waals surface area contributed by atoms with Crippen molar-refractivity contribution in [1.82, 2.24) is 20.4 Å². The van der Waals surface area contributed by atoms with Crippen LogP contribution in [0.25, 0.3) is 10.8 Å². The van der Waals surface area contributed by atoms with E-state index >= 15 is 0 Å². The molecule has 0 amide bonds. The quantitative estimate of drug-likeness (QED) is 0.425. The third-order valence-electron chi connectivity index (χ3n) is 4.01. The molecule has 2 heterocycles. The number of nitrogens with one attached hydrogen (secondary N) is 3. The molecule has 2 aromatic carbocycles. The van der Waals surface area contributed by atoms with E-state index in [-0.39, 0.29) is 33.1 Å². The second kappa shape index (κ2) is 7.98. The number of anilines is 1. The standard InChI is InChI=1S/C18H13Cl2N5O4/c19-12-7-9(21-6-5-14-22-25-18(27)28-14)8-13(20)15(12)29-17-11-4-2-1-3-10(11)16(26)23-24-17/h1-4,7-8,21H,5-6H2,(H,23,26)(H,25,27). The van der Waals surface area contributed by atoms with E-state index in [0.29, 0.717) is 29.4 Å². The van der Waals surface area contributed by atoms with Crippen LogP contribution in [0.5, 0.6) is 11.6 Å². The molecule has 4 rings (SSSR count). The number of nitrogens with zero attached hydrogens (tertiary/aromatic N) is 2. The van der Waals surface area contributed by atoms with Crippen LogP contribution in [0, 0.1) is 0 Å². The predicted octanol–water partition coefficient (Wildman–Crippen LogP) is 3.35. The van der Waals surface area contributed by atoms with Gasteiger partial charge in [0.25, 0.3) is 5.56 Å². The van der Waals surface area contributed by atoms with Crippen LogP contribution in [-0.4, -0.2) is 26.9 Å². The van der Waals surface area contributed by atoms with Gasteiger partial charge in [-0.3, -0.25) is 4.79 Å². The topological polar surface area (TPSA) is 126 Å².